The number of para-hydroxylation sites is 2. The van der Waals surface area contributed by atoms with Crippen molar-refractivity contribution in [2.45, 2.75) is 19.1 Å². The van der Waals surface area contributed by atoms with Crippen LogP contribution in [0.2, 0.25) is 0 Å². The van der Waals surface area contributed by atoms with Crippen LogP contribution in [0.5, 0.6) is 5.75 Å². The Bertz CT molecular complexity index is 775. The van der Waals surface area contributed by atoms with E-state index in [0.717, 1.165) is 12.1 Å². The molecule has 1 atom stereocenters. The molecular formula is C17H14F2N2O3. The summed E-state index contributed by atoms with van der Waals surface area (Å²) < 4.78 is 32.5. The summed E-state index contributed by atoms with van der Waals surface area (Å²) in [5.41, 5.74) is 0.304. The number of benzene rings is 2. The summed E-state index contributed by atoms with van der Waals surface area (Å²) in [5.74, 6) is -2.00. The van der Waals surface area contributed by atoms with Crippen LogP contribution in [0, 0.1) is 11.6 Å². The highest BCUT2D eigenvalue weighted by Crippen LogP contribution is 2.29. The first-order chi connectivity index (χ1) is 11.5. The lowest BCUT2D eigenvalue weighted by Gasteiger charge is -2.25. The van der Waals surface area contributed by atoms with E-state index in [1.807, 2.05) is 0 Å². The molecule has 1 aliphatic heterocycles. The van der Waals surface area contributed by atoms with Gasteiger partial charge in [0.05, 0.1) is 12.1 Å². The van der Waals surface area contributed by atoms with E-state index < -0.39 is 29.6 Å². The van der Waals surface area contributed by atoms with Gasteiger partial charge in [-0.15, -0.1) is 0 Å². The van der Waals surface area contributed by atoms with E-state index in [9.17, 15) is 18.4 Å². The number of hydrogen-bond donors (Lipinski definition) is 2. The SMILES string of the molecule is O=C(C[C@@H]1Oc2ccccc2NC1=O)NCc1c(F)cccc1F. The molecule has 0 unspecified atom stereocenters. The fourth-order valence-corrected chi connectivity index (χ4v) is 2.36. The summed E-state index contributed by atoms with van der Waals surface area (Å²) in [4.78, 5) is 23.9. The van der Waals surface area contributed by atoms with Gasteiger partial charge in [0.2, 0.25) is 5.91 Å². The fraction of sp³-hybridized carbons (Fsp3) is 0.176. The number of carbonyl (C=O) groups excluding carboxylic acids is 2. The Labute approximate surface area is 136 Å². The first kappa shape index (κ1) is 15.9. The van der Waals surface area contributed by atoms with Gasteiger partial charge in [-0.1, -0.05) is 18.2 Å². The molecule has 0 aromatic heterocycles. The average Bonchev–Trinajstić information content (AvgIpc) is 2.55. The molecule has 124 valence electrons. The highest BCUT2D eigenvalue weighted by Gasteiger charge is 2.29. The molecule has 2 aromatic carbocycles. The van der Waals surface area contributed by atoms with Crippen molar-refractivity contribution in [3.8, 4) is 5.75 Å². The quantitative estimate of drug-likeness (QED) is 0.903. The van der Waals surface area contributed by atoms with Crippen LogP contribution < -0.4 is 15.4 Å². The Morgan fingerprint density at radius 2 is 1.83 bits per heavy atom. The molecular weight excluding hydrogens is 318 g/mol. The Morgan fingerprint density at radius 1 is 1.12 bits per heavy atom. The van der Waals surface area contributed by atoms with E-state index in [-0.39, 0.29) is 18.5 Å². The van der Waals surface area contributed by atoms with Crippen LogP contribution in [0.1, 0.15) is 12.0 Å². The zero-order valence-electron chi connectivity index (χ0n) is 12.5. The topological polar surface area (TPSA) is 67.4 Å². The minimum absolute atomic E-state index is 0.231. The van der Waals surface area contributed by atoms with Crippen LogP contribution in [0.15, 0.2) is 42.5 Å². The zero-order valence-corrected chi connectivity index (χ0v) is 12.5. The fourth-order valence-electron chi connectivity index (χ4n) is 2.36. The minimum atomic E-state index is -0.995. The Kier molecular flexibility index (Phi) is 4.41. The van der Waals surface area contributed by atoms with Crippen molar-refractivity contribution >= 4 is 17.5 Å². The molecule has 0 spiro atoms. The van der Waals surface area contributed by atoms with Crippen molar-refractivity contribution < 1.29 is 23.1 Å². The molecule has 2 N–H and O–H groups in total. The number of hydrogen-bond acceptors (Lipinski definition) is 3. The van der Waals surface area contributed by atoms with Crippen LogP contribution >= 0.6 is 0 Å². The lowest BCUT2D eigenvalue weighted by molar-refractivity contribution is -0.130. The van der Waals surface area contributed by atoms with E-state index in [2.05, 4.69) is 10.6 Å². The summed E-state index contributed by atoms with van der Waals surface area (Å²) in [5, 5.41) is 5.04. The van der Waals surface area contributed by atoms with Gasteiger partial charge in [-0.3, -0.25) is 9.59 Å². The van der Waals surface area contributed by atoms with Crippen molar-refractivity contribution in [1.82, 2.24) is 5.32 Å². The standard InChI is InChI=1S/C17H14F2N2O3/c18-11-4-3-5-12(19)10(11)9-20-16(22)8-15-17(23)21-13-6-1-2-7-14(13)24-15/h1-7,15H,8-9H2,(H,20,22)(H,21,23)/t15-/m0/s1. The highest BCUT2D eigenvalue weighted by molar-refractivity contribution is 5.99. The predicted molar refractivity (Wildman–Crippen MR) is 82.3 cm³/mol. The number of nitrogens with one attached hydrogen (secondary N) is 2. The summed E-state index contributed by atoms with van der Waals surface area (Å²) in [7, 11) is 0. The molecule has 1 aliphatic rings. The second-order valence-corrected chi connectivity index (χ2v) is 5.27. The van der Waals surface area contributed by atoms with Crippen molar-refractivity contribution in [2.24, 2.45) is 0 Å². The molecule has 7 heteroatoms. The third-order valence-electron chi connectivity index (χ3n) is 3.60. The number of fused-ring (bicyclic) bond motifs is 1. The van der Waals surface area contributed by atoms with Gasteiger partial charge in [0.15, 0.2) is 6.10 Å². The maximum absolute atomic E-state index is 13.5. The monoisotopic (exact) mass is 332 g/mol. The largest absolute Gasteiger partial charge is 0.478 e. The molecule has 0 saturated carbocycles. The third-order valence-corrected chi connectivity index (χ3v) is 3.60. The molecule has 0 aliphatic carbocycles. The minimum Gasteiger partial charge on any atom is -0.478 e. The van der Waals surface area contributed by atoms with Crippen LogP contribution in [-0.4, -0.2) is 17.9 Å². The van der Waals surface area contributed by atoms with Gasteiger partial charge in [0.1, 0.15) is 17.4 Å². The normalized spacial score (nSPS) is 15.9. The number of amides is 2. The molecule has 5 nitrogen and oxygen atoms in total. The van der Waals surface area contributed by atoms with Gasteiger partial charge in [-0.25, -0.2) is 8.78 Å². The van der Waals surface area contributed by atoms with E-state index in [1.165, 1.54) is 6.07 Å². The maximum Gasteiger partial charge on any atom is 0.266 e. The van der Waals surface area contributed by atoms with Crippen LogP contribution in [0.4, 0.5) is 14.5 Å². The molecule has 2 aromatic rings. The second kappa shape index (κ2) is 6.66. The Morgan fingerprint density at radius 3 is 2.58 bits per heavy atom. The first-order valence-corrected chi connectivity index (χ1v) is 7.30. The summed E-state index contributed by atoms with van der Waals surface area (Å²) >= 11 is 0. The predicted octanol–water partition coefficient (Wildman–Crippen LogP) is 2.37. The maximum atomic E-state index is 13.5. The van der Waals surface area contributed by atoms with E-state index in [0.29, 0.717) is 11.4 Å². The number of halogens is 2. The number of rotatable bonds is 4. The van der Waals surface area contributed by atoms with Gasteiger partial charge in [0, 0.05) is 12.1 Å². The number of ether oxygens (including phenoxy) is 1. The van der Waals surface area contributed by atoms with Crippen molar-refractivity contribution in [1.29, 1.82) is 0 Å². The van der Waals surface area contributed by atoms with Gasteiger partial charge in [0.25, 0.3) is 5.91 Å². The van der Waals surface area contributed by atoms with E-state index in [1.54, 1.807) is 24.3 Å². The summed E-state index contributed by atoms with van der Waals surface area (Å²) in [6.45, 7) is -0.303. The molecule has 2 amide bonds. The summed E-state index contributed by atoms with van der Waals surface area (Å²) in [6.07, 6.45) is -1.25. The Hall–Kier alpha value is -2.96. The first-order valence-electron chi connectivity index (χ1n) is 7.30. The highest BCUT2D eigenvalue weighted by atomic mass is 19.1. The molecule has 0 radical (unpaired) electrons. The van der Waals surface area contributed by atoms with Crippen LogP contribution in [-0.2, 0) is 16.1 Å². The number of anilines is 1. The molecule has 3 rings (SSSR count). The van der Waals surface area contributed by atoms with Crippen molar-refractivity contribution in [3.05, 3.63) is 59.7 Å². The van der Waals surface area contributed by atoms with Gasteiger partial charge in [-0.05, 0) is 24.3 Å². The number of carbonyl (C=O) groups is 2. The molecule has 1 heterocycles. The van der Waals surface area contributed by atoms with Crippen LogP contribution in [0.3, 0.4) is 0 Å². The molecule has 0 fully saturated rings. The van der Waals surface area contributed by atoms with Crippen molar-refractivity contribution in [2.75, 3.05) is 5.32 Å². The second-order valence-electron chi connectivity index (χ2n) is 5.27. The van der Waals surface area contributed by atoms with Crippen LogP contribution in [0.25, 0.3) is 0 Å². The van der Waals surface area contributed by atoms with Crippen molar-refractivity contribution in [3.63, 3.8) is 0 Å². The van der Waals surface area contributed by atoms with Gasteiger partial charge in [-0.2, -0.15) is 0 Å². The molecule has 0 bridgehead atoms. The average molecular weight is 332 g/mol. The summed E-state index contributed by atoms with van der Waals surface area (Å²) in [6, 6.07) is 10.3. The smallest absolute Gasteiger partial charge is 0.266 e. The molecule has 0 saturated heterocycles. The lowest BCUT2D eigenvalue weighted by atomic mass is 10.1. The molecule has 24 heavy (non-hydrogen) atoms. The van der Waals surface area contributed by atoms with Gasteiger partial charge >= 0.3 is 0 Å². The van der Waals surface area contributed by atoms with E-state index in [4.69, 9.17) is 4.74 Å². The zero-order chi connectivity index (χ0) is 17.1. The third kappa shape index (κ3) is 3.34. The Balaban J connectivity index is 1.60. The van der Waals surface area contributed by atoms with Gasteiger partial charge < -0.3 is 15.4 Å². The van der Waals surface area contributed by atoms with E-state index >= 15 is 0 Å². The lowest BCUT2D eigenvalue weighted by Crippen LogP contribution is -2.41.